The van der Waals surface area contributed by atoms with Crippen molar-refractivity contribution in [2.75, 3.05) is 0 Å². The summed E-state index contributed by atoms with van der Waals surface area (Å²) in [5, 5.41) is -0.251. The highest BCUT2D eigenvalue weighted by Crippen LogP contribution is 2.48. The minimum atomic E-state index is -0.738. The van der Waals surface area contributed by atoms with Crippen molar-refractivity contribution in [2.45, 2.75) is 0 Å². The molecule has 0 aliphatic rings. The maximum atomic E-state index is 11.0. The molecule has 4 nitrogen and oxygen atoms in total. The lowest BCUT2D eigenvalue weighted by Crippen LogP contribution is -2.04. The molecule has 0 bridgehead atoms. The number of carbonyl (C=O) groups excluding carboxylic acids is 2. The van der Waals surface area contributed by atoms with Gasteiger partial charge in [-0.25, -0.2) is 9.59 Å². The van der Waals surface area contributed by atoms with Gasteiger partial charge in [0, 0.05) is 16.6 Å². The maximum absolute atomic E-state index is 11.0. The number of esters is 2. The number of benzene rings is 2. The first-order valence-corrected chi connectivity index (χ1v) is 11.6. The van der Waals surface area contributed by atoms with Gasteiger partial charge in [0.2, 0.25) is 0 Å². The predicted molar refractivity (Wildman–Crippen MR) is 133 cm³/mol. The van der Waals surface area contributed by atoms with Crippen molar-refractivity contribution in [3.05, 3.63) is 76.0 Å². The monoisotopic (exact) mass is 700 g/mol. The van der Waals surface area contributed by atoms with E-state index < -0.39 is 11.9 Å². The molecule has 12 heteroatoms. The van der Waals surface area contributed by atoms with Crippen LogP contribution in [0.1, 0.15) is 0 Å². The summed E-state index contributed by atoms with van der Waals surface area (Å²) >= 11 is 38.8. The van der Waals surface area contributed by atoms with Crippen molar-refractivity contribution in [1.29, 1.82) is 0 Å². The summed E-state index contributed by atoms with van der Waals surface area (Å²) < 4.78 is 12.1. The third kappa shape index (κ3) is 7.41. The highest BCUT2D eigenvalue weighted by Gasteiger charge is 2.21. The van der Waals surface area contributed by atoms with E-state index in [1.807, 2.05) is 0 Å². The molecule has 0 unspecified atom stereocenters. The highest BCUT2D eigenvalue weighted by molar-refractivity contribution is 9.11. The summed E-state index contributed by atoms with van der Waals surface area (Å²) in [5.41, 5.74) is 0. The fourth-order valence-electron chi connectivity index (χ4n) is 1.59. The molecule has 2 rings (SSSR count). The van der Waals surface area contributed by atoms with Crippen LogP contribution in [0.15, 0.2) is 50.9 Å². The number of halogens is 8. The van der Waals surface area contributed by atoms with Crippen molar-refractivity contribution in [2.24, 2.45) is 0 Å². The lowest BCUT2D eigenvalue weighted by molar-refractivity contribution is -0.129. The first kappa shape index (κ1) is 27.8. The molecule has 30 heavy (non-hydrogen) atoms. The largest absolute Gasteiger partial charge is 0.421 e. The van der Waals surface area contributed by atoms with Gasteiger partial charge in [-0.2, -0.15) is 0 Å². The molecule has 0 aromatic heterocycles. The van der Waals surface area contributed by atoms with Crippen LogP contribution >= 0.6 is 106 Å². The minimum absolute atomic E-state index is 0.00302. The summed E-state index contributed by atoms with van der Waals surface area (Å²) in [6.07, 6.45) is 2.06. The summed E-state index contributed by atoms with van der Waals surface area (Å²) in [5.74, 6) is -0.933. The van der Waals surface area contributed by atoms with E-state index in [4.69, 9.17) is 67.5 Å². The number of ether oxygens (including phenoxy) is 2. The van der Waals surface area contributed by atoms with Gasteiger partial charge < -0.3 is 9.47 Å². The fourth-order valence-corrected chi connectivity index (χ4v) is 5.20. The minimum Gasteiger partial charge on any atom is -0.421 e. The molecule has 0 saturated heterocycles. The lowest BCUT2D eigenvalue weighted by atomic mass is 10.3. The van der Waals surface area contributed by atoms with Crippen molar-refractivity contribution in [3.63, 3.8) is 0 Å². The van der Waals surface area contributed by atoms with Crippen LogP contribution < -0.4 is 9.47 Å². The zero-order chi connectivity index (χ0) is 23.2. The van der Waals surface area contributed by atoms with Crippen LogP contribution in [-0.2, 0) is 9.59 Å². The van der Waals surface area contributed by atoms with E-state index in [1.165, 1.54) is 0 Å². The second-order valence-electron chi connectivity index (χ2n) is 4.85. The van der Waals surface area contributed by atoms with E-state index in [0.29, 0.717) is 14.7 Å². The Morgan fingerprint density at radius 2 is 1.03 bits per heavy atom. The predicted octanol–water partition coefficient (Wildman–Crippen LogP) is 9.11. The summed E-state index contributed by atoms with van der Waals surface area (Å²) in [6.45, 7) is 6.55. The molecule has 0 aliphatic carbocycles. The molecule has 0 spiro atoms. The van der Waals surface area contributed by atoms with E-state index in [-0.39, 0.29) is 30.9 Å². The number of hydrogen-bond acceptors (Lipinski definition) is 4. The standard InChI is InChI=1S/C9H5Br3O2.C9H3Cl5O2/c1-2-8(13)14-9-6(11)3-5(10)4-7(9)12;1-2-3(15)16-9-7(13)5(11)4(10)6(12)8(9)14/h2-4H,1H2;2H,1H2. The van der Waals surface area contributed by atoms with Gasteiger partial charge in [0.1, 0.15) is 10.0 Å². The second-order valence-corrected chi connectivity index (χ2v) is 9.36. The van der Waals surface area contributed by atoms with Gasteiger partial charge in [0.25, 0.3) is 0 Å². The molecule has 0 atom stereocenters. The zero-order valence-electron chi connectivity index (χ0n) is 14.4. The van der Waals surface area contributed by atoms with E-state index in [2.05, 4.69) is 60.9 Å². The van der Waals surface area contributed by atoms with Gasteiger partial charge in [-0.05, 0) is 44.0 Å². The van der Waals surface area contributed by atoms with E-state index in [0.717, 1.165) is 16.6 Å². The van der Waals surface area contributed by atoms with Gasteiger partial charge in [-0.15, -0.1) is 0 Å². The Labute approximate surface area is 222 Å². The molecule has 2 aromatic carbocycles. The molecule has 0 saturated carbocycles. The lowest BCUT2D eigenvalue weighted by Gasteiger charge is -2.11. The average Bonchev–Trinajstić information content (AvgIpc) is 2.70. The summed E-state index contributed by atoms with van der Waals surface area (Å²) in [4.78, 5) is 22.0. The molecule has 0 radical (unpaired) electrons. The smallest absolute Gasteiger partial charge is 0.335 e. The Balaban J connectivity index is 0.000000303. The quantitative estimate of drug-likeness (QED) is 0.105. The Bertz CT molecular complexity index is 975. The van der Waals surface area contributed by atoms with Gasteiger partial charge in [-0.1, -0.05) is 87.1 Å². The Hall–Kier alpha value is -0.250. The Kier molecular flexibility index (Phi) is 11.8. The van der Waals surface area contributed by atoms with Crippen LogP contribution in [0.4, 0.5) is 0 Å². The van der Waals surface area contributed by atoms with E-state index in [1.54, 1.807) is 12.1 Å². The van der Waals surface area contributed by atoms with E-state index in [9.17, 15) is 9.59 Å². The average molecular weight is 705 g/mol. The molecular weight excluding hydrogens is 697 g/mol. The molecule has 0 N–H and O–H groups in total. The molecule has 0 aliphatic heterocycles. The van der Waals surface area contributed by atoms with Crippen molar-refractivity contribution in [3.8, 4) is 11.5 Å². The van der Waals surface area contributed by atoms with Crippen molar-refractivity contribution >= 4 is 118 Å². The number of rotatable bonds is 4. The van der Waals surface area contributed by atoms with Crippen LogP contribution in [0.3, 0.4) is 0 Å². The highest BCUT2D eigenvalue weighted by atomic mass is 79.9. The first-order chi connectivity index (χ1) is 13.9. The first-order valence-electron chi connectivity index (χ1n) is 7.29. The SMILES string of the molecule is C=CC(=O)Oc1c(Br)cc(Br)cc1Br.C=CC(=O)Oc1c(Cl)c(Cl)c(Cl)c(Cl)c1Cl. The summed E-state index contributed by atoms with van der Waals surface area (Å²) in [7, 11) is 0. The van der Waals surface area contributed by atoms with Crippen LogP contribution in [0.2, 0.25) is 25.1 Å². The number of hydrogen-bond donors (Lipinski definition) is 0. The second kappa shape index (κ2) is 12.7. The van der Waals surface area contributed by atoms with Gasteiger partial charge in [0.15, 0.2) is 11.5 Å². The molecule has 0 heterocycles. The normalized spacial score (nSPS) is 9.87. The van der Waals surface area contributed by atoms with Crippen LogP contribution in [0.25, 0.3) is 0 Å². The zero-order valence-corrected chi connectivity index (χ0v) is 22.9. The third-order valence-corrected chi connectivity index (χ3v) is 6.75. The Morgan fingerprint density at radius 1 is 0.700 bits per heavy atom. The third-order valence-electron chi connectivity index (χ3n) is 2.87. The van der Waals surface area contributed by atoms with Gasteiger partial charge >= 0.3 is 11.9 Å². The number of carbonyl (C=O) groups is 2. The topological polar surface area (TPSA) is 52.6 Å². The maximum Gasteiger partial charge on any atom is 0.335 e. The molecule has 0 amide bonds. The van der Waals surface area contributed by atoms with Gasteiger partial charge in [0.05, 0.1) is 24.0 Å². The summed E-state index contributed by atoms with van der Waals surface area (Å²) in [6, 6.07) is 3.58. The molecule has 0 fully saturated rings. The molecular formula is C18H8Br3Cl5O4. The van der Waals surface area contributed by atoms with Gasteiger partial charge in [-0.3, -0.25) is 0 Å². The van der Waals surface area contributed by atoms with Crippen molar-refractivity contribution < 1.29 is 19.1 Å². The van der Waals surface area contributed by atoms with Crippen LogP contribution in [-0.4, -0.2) is 11.9 Å². The van der Waals surface area contributed by atoms with Crippen LogP contribution in [0, 0.1) is 0 Å². The molecule has 160 valence electrons. The Morgan fingerprint density at radius 3 is 1.40 bits per heavy atom. The molecule has 2 aromatic rings. The fraction of sp³-hybridized carbons (Fsp3) is 0. The van der Waals surface area contributed by atoms with E-state index >= 15 is 0 Å². The van der Waals surface area contributed by atoms with Crippen LogP contribution in [0.5, 0.6) is 11.5 Å². The van der Waals surface area contributed by atoms with Crippen molar-refractivity contribution in [1.82, 2.24) is 0 Å².